The van der Waals surface area contributed by atoms with Gasteiger partial charge in [0.15, 0.2) is 0 Å². The summed E-state index contributed by atoms with van der Waals surface area (Å²) >= 11 is 6.29. The molecule has 3 heteroatoms. The molecule has 1 fully saturated rings. The highest BCUT2D eigenvalue weighted by molar-refractivity contribution is 6.30. The molecule has 0 radical (unpaired) electrons. The van der Waals surface area contributed by atoms with Gasteiger partial charge in [0.1, 0.15) is 5.75 Å². The average molecular weight is 308 g/mol. The minimum Gasteiger partial charge on any atom is -0.493 e. The summed E-state index contributed by atoms with van der Waals surface area (Å²) in [6.07, 6.45) is 7.13. The Labute approximate surface area is 133 Å². The molecule has 1 aromatic rings. The molecule has 2 atom stereocenters. The van der Waals surface area contributed by atoms with Gasteiger partial charge in [-0.15, -0.1) is 0 Å². The lowest BCUT2D eigenvalue weighted by molar-refractivity contribution is 0.308. The van der Waals surface area contributed by atoms with Crippen LogP contribution in [0.4, 0.5) is 0 Å². The van der Waals surface area contributed by atoms with Crippen molar-refractivity contribution in [1.82, 2.24) is 5.32 Å². The molecule has 1 aliphatic carbocycles. The van der Waals surface area contributed by atoms with Crippen LogP contribution in [-0.2, 0) is 12.8 Å². The number of hydrogen-bond acceptors (Lipinski definition) is 2. The molecule has 0 aromatic heterocycles. The molecule has 0 amide bonds. The molecule has 0 spiro atoms. The molecule has 3 rings (SSSR count). The van der Waals surface area contributed by atoms with E-state index in [4.69, 9.17) is 16.3 Å². The Hall–Kier alpha value is -0.730. The highest BCUT2D eigenvalue weighted by Gasteiger charge is 2.36. The molecule has 1 aliphatic heterocycles. The summed E-state index contributed by atoms with van der Waals surface area (Å²) in [5.41, 5.74) is 2.98. The van der Waals surface area contributed by atoms with Gasteiger partial charge in [0.05, 0.1) is 6.61 Å². The van der Waals surface area contributed by atoms with Crippen molar-refractivity contribution in [3.8, 4) is 5.75 Å². The molecule has 1 heterocycles. The van der Waals surface area contributed by atoms with Crippen LogP contribution in [0.25, 0.3) is 0 Å². The molecule has 0 bridgehead atoms. The van der Waals surface area contributed by atoms with Crippen molar-refractivity contribution in [2.45, 2.75) is 58.4 Å². The second kappa shape index (κ2) is 6.18. The first-order valence-corrected chi connectivity index (χ1v) is 8.65. The maximum Gasteiger partial charge on any atom is 0.125 e. The summed E-state index contributed by atoms with van der Waals surface area (Å²) in [6, 6.07) is 4.86. The Morgan fingerprint density at radius 1 is 1.43 bits per heavy atom. The largest absolute Gasteiger partial charge is 0.493 e. The fourth-order valence-corrected chi connectivity index (χ4v) is 4.21. The van der Waals surface area contributed by atoms with E-state index in [1.165, 1.54) is 36.8 Å². The van der Waals surface area contributed by atoms with Crippen molar-refractivity contribution in [3.05, 3.63) is 28.3 Å². The summed E-state index contributed by atoms with van der Waals surface area (Å²) in [6.45, 7) is 6.59. The van der Waals surface area contributed by atoms with Crippen molar-refractivity contribution in [2.75, 3.05) is 13.2 Å². The van der Waals surface area contributed by atoms with Gasteiger partial charge in [-0.25, -0.2) is 0 Å². The predicted octanol–water partition coefficient (Wildman–Crippen LogP) is 4.38. The number of halogens is 1. The number of hydrogen-bond donors (Lipinski definition) is 1. The van der Waals surface area contributed by atoms with Crippen LogP contribution in [0.3, 0.4) is 0 Å². The third kappa shape index (κ3) is 3.37. The fraction of sp³-hybridized carbons (Fsp3) is 0.667. The zero-order valence-corrected chi connectivity index (χ0v) is 13.9. The van der Waals surface area contributed by atoms with Crippen molar-refractivity contribution in [3.63, 3.8) is 0 Å². The van der Waals surface area contributed by atoms with E-state index >= 15 is 0 Å². The van der Waals surface area contributed by atoms with E-state index in [1.807, 2.05) is 0 Å². The van der Waals surface area contributed by atoms with Gasteiger partial charge in [0, 0.05) is 17.5 Å². The molecule has 1 saturated carbocycles. The highest BCUT2D eigenvalue weighted by atomic mass is 35.5. The monoisotopic (exact) mass is 307 g/mol. The van der Waals surface area contributed by atoms with Crippen molar-refractivity contribution in [1.29, 1.82) is 0 Å². The Balaban J connectivity index is 1.72. The zero-order valence-electron chi connectivity index (χ0n) is 13.2. The maximum atomic E-state index is 6.29. The van der Waals surface area contributed by atoms with E-state index in [-0.39, 0.29) is 0 Å². The van der Waals surface area contributed by atoms with Crippen LogP contribution in [0.2, 0.25) is 5.02 Å². The van der Waals surface area contributed by atoms with Crippen LogP contribution < -0.4 is 10.1 Å². The Morgan fingerprint density at radius 3 is 3.10 bits per heavy atom. The lowest BCUT2D eigenvalue weighted by Crippen LogP contribution is -2.29. The molecule has 116 valence electrons. The summed E-state index contributed by atoms with van der Waals surface area (Å²) < 4.78 is 5.86. The fourth-order valence-electron chi connectivity index (χ4n) is 3.94. The van der Waals surface area contributed by atoms with E-state index in [1.54, 1.807) is 0 Å². The molecule has 21 heavy (non-hydrogen) atoms. The first-order chi connectivity index (χ1) is 10.1. The van der Waals surface area contributed by atoms with Crippen LogP contribution >= 0.6 is 11.6 Å². The Kier molecular flexibility index (Phi) is 4.46. The van der Waals surface area contributed by atoms with Gasteiger partial charge in [-0.1, -0.05) is 25.4 Å². The summed E-state index contributed by atoms with van der Waals surface area (Å²) in [7, 11) is 0. The average Bonchev–Trinajstić information content (AvgIpc) is 3.03. The molecule has 0 saturated heterocycles. The van der Waals surface area contributed by atoms with Gasteiger partial charge in [-0.2, -0.15) is 0 Å². The molecule has 2 nitrogen and oxygen atoms in total. The minimum atomic E-state index is 0.371. The van der Waals surface area contributed by atoms with Gasteiger partial charge in [0.25, 0.3) is 0 Å². The first-order valence-electron chi connectivity index (χ1n) is 8.27. The first kappa shape index (κ1) is 15.2. The summed E-state index contributed by atoms with van der Waals surface area (Å²) in [5, 5.41) is 4.54. The normalized spacial score (nSPS) is 27.7. The Morgan fingerprint density at radius 2 is 2.29 bits per heavy atom. The van der Waals surface area contributed by atoms with Gasteiger partial charge in [-0.05, 0) is 67.3 Å². The quantitative estimate of drug-likeness (QED) is 0.872. The smallest absolute Gasteiger partial charge is 0.125 e. The predicted molar refractivity (Wildman–Crippen MR) is 88.4 cm³/mol. The number of rotatable bonds is 5. The third-order valence-corrected chi connectivity index (χ3v) is 5.18. The topological polar surface area (TPSA) is 21.3 Å². The summed E-state index contributed by atoms with van der Waals surface area (Å²) in [4.78, 5) is 0. The molecular formula is C18H26ClNO. The van der Waals surface area contributed by atoms with E-state index in [0.717, 1.165) is 36.8 Å². The van der Waals surface area contributed by atoms with Gasteiger partial charge in [-0.3, -0.25) is 0 Å². The molecule has 1 aromatic carbocycles. The number of ether oxygens (including phenoxy) is 1. The van der Waals surface area contributed by atoms with Gasteiger partial charge < -0.3 is 10.1 Å². The van der Waals surface area contributed by atoms with E-state index in [2.05, 4.69) is 31.3 Å². The second-order valence-corrected chi connectivity index (χ2v) is 7.47. The van der Waals surface area contributed by atoms with Crippen LogP contribution in [-0.4, -0.2) is 19.2 Å². The molecular weight excluding hydrogens is 282 g/mol. The van der Waals surface area contributed by atoms with Crippen LogP contribution in [0, 0.1) is 5.41 Å². The molecule has 1 N–H and O–H groups in total. The van der Waals surface area contributed by atoms with Gasteiger partial charge in [0.2, 0.25) is 0 Å². The minimum absolute atomic E-state index is 0.371. The van der Waals surface area contributed by atoms with E-state index < -0.39 is 0 Å². The van der Waals surface area contributed by atoms with Crippen LogP contribution in [0.1, 0.15) is 50.7 Å². The van der Waals surface area contributed by atoms with Crippen molar-refractivity contribution in [2.24, 2.45) is 5.41 Å². The third-order valence-electron chi connectivity index (χ3n) is 4.96. The number of fused-ring (bicyclic) bond motifs is 1. The zero-order chi connectivity index (χ0) is 14.9. The summed E-state index contributed by atoms with van der Waals surface area (Å²) in [5.74, 6) is 1.12. The molecule has 2 unspecified atom stereocenters. The maximum absolute atomic E-state index is 6.29. The second-order valence-electron chi connectivity index (χ2n) is 7.03. The molecule has 2 aliphatic rings. The van der Waals surface area contributed by atoms with E-state index in [0.29, 0.717) is 11.5 Å². The van der Waals surface area contributed by atoms with Crippen molar-refractivity contribution >= 4 is 11.6 Å². The lowest BCUT2D eigenvalue weighted by atomic mass is 9.81. The van der Waals surface area contributed by atoms with Gasteiger partial charge >= 0.3 is 0 Å². The number of nitrogens with one attached hydrogen (secondary N) is 1. The van der Waals surface area contributed by atoms with Crippen molar-refractivity contribution < 1.29 is 4.74 Å². The SMILES string of the molecule is CCCNC1CCC(C)(Cc2cc(Cl)cc3c2OCC3)C1. The highest BCUT2D eigenvalue weighted by Crippen LogP contribution is 2.44. The number of benzene rings is 1. The Bertz CT molecular complexity index is 516. The van der Waals surface area contributed by atoms with Crippen LogP contribution in [0.5, 0.6) is 5.75 Å². The van der Waals surface area contributed by atoms with E-state index in [9.17, 15) is 0 Å². The lowest BCUT2D eigenvalue weighted by Gasteiger charge is -2.25. The standard InChI is InChI=1S/C18H26ClNO/c1-3-7-20-16-4-6-18(2,12-16)11-14-10-15(19)9-13-5-8-21-17(13)14/h9-10,16,20H,3-8,11-12H2,1-2H3. The van der Waals surface area contributed by atoms with Crippen LogP contribution in [0.15, 0.2) is 12.1 Å².